The molecule has 0 atom stereocenters. The van der Waals surface area contributed by atoms with Gasteiger partial charge >= 0.3 is 6.03 Å². The van der Waals surface area contributed by atoms with Crippen molar-refractivity contribution in [1.82, 2.24) is 20.4 Å². The van der Waals surface area contributed by atoms with E-state index in [9.17, 15) is 4.79 Å². The molecule has 2 N–H and O–H groups in total. The van der Waals surface area contributed by atoms with Gasteiger partial charge in [-0.1, -0.05) is 52.3 Å². The molecule has 1 heterocycles. The van der Waals surface area contributed by atoms with E-state index in [2.05, 4.69) is 31.7 Å². The second-order valence-electron chi connectivity index (χ2n) is 6.35. The maximum atomic E-state index is 12.1. The molecular formula is C21H23BrN4O. The summed E-state index contributed by atoms with van der Waals surface area (Å²) in [7, 11) is 0. The fourth-order valence-electron chi connectivity index (χ4n) is 2.99. The molecule has 2 amide bonds. The highest BCUT2D eigenvalue weighted by Gasteiger charge is 2.13. The van der Waals surface area contributed by atoms with Crippen LogP contribution in [0.1, 0.15) is 22.5 Å². The van der Waals surface area contributed by atoms with Crippen molar-refractivity contribution in [2.24, 2.45) is 0 Å². The molecule has 0 saturated heterocycles. The van der Waals surface area contributed by atoms with Crippen LogP contribution in [0.15, 0.2) is 59.1 Å². The van der Waals surface area contributed by atoms with Gasteiger partial charge < -0.3 is 10.6 Å². The van der Waals surface area contributed by atoms with Crippen molar-refractivity contribution in [2.45, 2.75) is 26.8 Å². The summed E-state index contributed by atoms with van der Waals surface area (Å²) >= 11 is 3.52. The van der Waals surface area contributed by atoms with Crippen LogP contribution in [0.4, 0.5) is 4.79 Å². The van der Waals surface area contributed by atoms with Gasteiger partial charge in [-0.2, -0.15) is 5.10 Å². The highest BCUT2D eigenvalue weighted by Crippen LogP contribution is 2.18. The SMILES string of the molecule is Cc1nn(-c2ccccc2)c(C)c1CNC(=O)NCCc1ccccc1Br. The van der Waals surface area contributed by atoms with Gasteiger partial charge in [0.15, 0.2) is 0 Å². The Morgan fingerprint density at radius 1 is 1.04 bits per heavy atom. The van der Waals surface area contributed by atoms with Crippen molar-refractivity contribution in [1.29, 1.82) is 0 Å². The number of hydrogen-bond donors (Lipinski definition) is 2. The number of aromatic nitrogens is 2. The molecule has 0 unspecified atom stereocenters. The van der Waals surface area contributed by atoms with Crippen LogP contribution in [-0.4, -0.2) is 22.4 Å². The molecule has 0 radical (unpaired) electrons. The number of rotatable bonds is 6. The first-order valence-corrected chi connectivity index (χ1v) is 9.71. The molecule has 27 heavy (non-hydrogen) atoms. The first-order valence-electron chi connectivity index (χ1n) is 8.92. The smallest absolute Gasteiger partial charge is 0.315 e. The Labute approximate surface area is 167 Å². The minimum atomic E-state index is -0.173. The second-order valence-corrected chi connectivity index (χ2v) is 7.20. The van der Waals surface area contributed by atoms with Gasteiger partial charge in [0.1, 0.15) is 0 Å². The summed E-state index contributed by atoms with van der Waals surface area (Å²) in [6.07, 6.45) is 0.777. The molecule has 2 aromatic carbocycles. The quantitative estimate of drug-likeness (QED) is 0.617. The molecule has 0 bridgehead atoms. The molecule has 3 rings (SSSR count). The molecule has 3 aromatic rings. The number of carbonyl (C=O) groups excluding carboxylic acids is 1. The van der Waals surface area contributed by atoms with Crippen molar-refractivity contribution in [3.05, 3.63) is 81.6 Å². The van der Waals surface area contributed by atoms with Gasteiger partial charge in [-0.15, -0.1) is 0 Å². The Balaban J connectivity index is 1.55. The number of para-hydroxylation sites is 1. The topological polar surface area (TPSA) is 59.0 Å². The van der Waals surface area contributed by atoms with Crippen LogP contribution in [0.25, 0.3) is 5.69 Å². The fraction of sp³-hybridized carbons (Fsp3) is 0.238. The third kappa shape index (κ3) is 4.77. The number of hydrogen-bond acceptors (Lipinski definition) is 2. The molecule has 6 heteroatoms. The fourth-order valence-corrected chi connectivity index (χ4v) is 3.48. The highest BCUT2D eigenvalue weighted by atomic mass is 79.9. The van der Waals surface area contributed by atoms with E-state index >= 15 is 0 Å². The molecule has 0 fully saturated rings. The molecule has 1 aromatic heterocycles. The minimum Gasteiger partial charge on any atom is -0.338 e. The van der Waals surface area contributed by atoms with Gasteiger partial charge in [-0.05, 0) is 44.0 Å². The number of halogens is 1. The van der Waals surface area contributed by atoms with Crippen molar-refractivity contribution >= 4 is 22.0 Å². The summed E-state index contributed by atoms with van der Waals surface area (Å²) in [5, 5.41) is 10.4. The molecule has 0 aliphatic rings. The number of nitrogens with zero attached hydrogens (tertiary/aromatic N) is 2. The summed E-state index contributed by atoms with van der Waals surface area (Å²) in [6, 6.07) is 17.9. The lowest BCUT2D eigenvalue weighted by atomic mass is 10.1. The van der Waals surface area contributed by atoms with Gasteiger partial charge in [-0.3, -0.25) is 0 Å². The number of benzene rings is 2. The van der Waals surface area contributed by atoms with Crippen LogP contribution < -0.4 is 10.6 Å². The van der Waals surface area contributed by atoms with Gasteiger partial charge in [0, 0.05) is 28.8 Å². The Kier molecular flexibility index (Phi) is 6.29. The van der Waals surface area contributed by atoms with E-state index < -0.39 is 0 Å². The van der Waals surface area contributed by atoms with E-state index in [0.29, 0.717) is 13.1 Å². The van der Waals surface area contributed by atoms with Crippen molar-refractivity contribution in [2.75, 3.05) is 6.54 Å². The van der Waals surface area contributed by atoms with Gasteiger partial charge in [0.2, 0.25) is 0 Å². The van der Waals surface area contributed by atoms with E-state index in [-0.39, 0.29) is 6.03 Å². The largest absolute Gasteiger partial charge is 0.338 e. The van der Waals surface area contributed by atoms with Crippen LogP contribution >= 0.6 is 15.9 Å². The third-order valence-corrected chi connectivity index (χ3v) is 5.28. The Bertz CT molecular complexity index is 921. The standard InChI is InChI=1S/C21H23BrN4O/c1-15-19(16(2)26(25-15)18-9-4-3-5-10-18)14-24-21(27)23-13-12-17-8-6-7-11-20(17)22/h3-11H,12-14H2,1-2H3,(H2,23,24,27). The van der Waals surface area contributed by atoms with Crippen LogP contribution in [0.2, 0.25) is 0 Å². The number of nitrogens with one attached hydrogen (secondary N) is 2. The predicted octanol–water partition coefficient (Wildman–Crippen LogP) is 4.29. The first-order chi connectivity index (χ1) is 13.1. The maximum Gasteiger partial charge on any atom is 0.315 e. The number of urea groups is 1. The van der Waals surface area contributed by atoms with Crippen LogP contribution in [-0.2, 0) is 13.0 Å². The number of carbonyl (C=O) groups is 1. The lowest BCUT2D eigenvalue weighted by Gasteiger charge is -2.09. The molecule has 5 nitrogen and oxygen atoms in total. The summed E-state index contributed by atoms with van der Waals surface area (Å²) in [5.74, 6) is 0. The van der Waals surface area contributed by atoms with Crippen LogP contribution in [0, 0.1) is 13.8 Å². The number of aryl methyl sites for hydroxylation is 1. The summed E-state index contributed by atoms with van der Waals surface area (Å²) < 4.78 is 2.98. The zero-order valence-electron chi connectivity index (χ0n) is 15.5. The van der Waals surface area contributed by atoms with Gasteiger partial charge in [0.05, 0.1) is 11.4 Å². The Hall–Kier alpha value is -2.60. The predicted molar refractivity (Wildman–Crippen MR) is 111 cm³/mol. The van der Waals surface area contributed by atoms with Crippen LogP contribution in [0.3, 0.4) is 0 Å². The third-order valence-electron chi connectivity index (χ3n) is 4.51. The molecule has 0 saturated carbocycles. The number of amides is 2. The second kappa shape index (κ2) is 8.86. The lowest BCUT2D eigenvalue weighted by molar-refractivity contribution is 0.240. The molecule has 0 spiro atoms. The molecular weight excluding hydrogens is 404 g/mol. The van der Waals surface area contributed by atoms with Crippen LogP contribution in [0.5, 0.6) is 0 Å². The van der Waals surface area contributed by atoms with E-state index in [1.807, 2.05) is 73.1 Å². The summed E-state index contributed by atoms with van der Waals surface area (Å²) in [6.45, 7) is 5.02. The Morgan fingerprint density at radius 2 is 1.74 bits per heavy atom. The molecule has 0 aliphatic heterocycles. The lowest BCUT2D eigenvalue weighted by Crippen LogP contribution is -2.36. The van der Waals surface area contributed by atoms with E-state index in [4.69, 9.17) is 0 Å². The van der Waals surface area contributed by atoms with Gasteiger partial charge in [0.25, 0.3) is 0 Å². The summed E-state index contributed by atoms with van der Waals surface area (Å²) in [4.78, 5) is 12.1. The molecule has 0 aliphatic carbocycles. The molecule has 140 valence electrons. The highest BCUT2D eigenvalue weighted by molar-refractivity contribution is 9.10. The van der Waals surface area contributed by atoms with E-state index in [0.717, 1.165) is 33.5 Å². The Morgan fingerprint density at radius 3 is 2.48 bits per heavy atom. The van der Waals surface area contributed by atoms with Crippen molar-refractivity contribution in [3.8, 4) is 5.69 Å². The monoisotopic (exact) mass is 426 g/mol. The van der Waals surface area contributed by atoms with E-state index in [1.54, 1.807) is 0 Å². The summed E-state index contributed by atoms with van der Waals surface area (Å²) in [5.41, 5.74) is 5.19. The maximum absolute atomic E-state index is 12.1. The van der Waals surface area contributed by atoms with E-state index in [1.165, 1.54) is 5.56 Å². The van der Waals surface area contributed by atoms with Gasteiger partial charge in [-0.25, -0.2) is 9.48 Å². The average molecular weight is 427 g/mol. The normalized spacial score (nSPS) is 10.6. The first kappa shape index (κ1) is 19.2. The minimum absolute atomic E-state index is 0.173. The zero-order valence-corrected chi connectivity index (χ0v) is 17.1. The van der Waals surface area contributed by atoms with Crippen molar-refractivity contribution < 1.29 is 4.79 Å². The van der Waals surface area contributed by atoms with Crippen molar-refractivity contribution in [3.63, 3.8) is 0 Å². The zero-order chi connectivity index (χ0) is 19.2. The average Bonchev–Trinajstić information content (AvgIpc) is 2.96.